The van der Waals surface area contributed by atoms with E-state index in [1.807, 2.05) is 18.2 Å². The van der Waals surface area contributed by atoms with Gasteiger partial charge in [-0.05, 0) is 66.3 Å². The van der Waals surface area contributed by atoms with Crippen LogP contribution < -0.4 is 10.6 Å². The number of hydrogen-bond donors (Lipinski definition) is 3. The first-order valence-corrected chi connectivity index (χ1v) is 12.0. The Kier molecular flexibility index (Phi) is 9.69. The summed E-state index contributed by atoms with van der Waals surface area (Å²) in [4.78, 5) is 13.0. The minimum Gasteiger partial charge on any atom is -0.390 e. The van der Waals surface area contributed by atoms with Crippen LogP contribution in [-0.4, -0.2) is 29.7 Å². The first kappa shape index (κ1) is 27.0. The van der Waals surface area contributed by atoms with Gasteiger partial charge in [0.15, 0.2) is 0 Å². The summed E-state index contributed by atoms with van der Waals surface area (Å²) in [5.74, 6) is -2.28. The van der Waals surface area contributed by atoms with Gasteiger partial charge in [-0.3, -0.25) is 4.79 Å². The highest BCUT2D eigenvalue weighted by Crippen LogP contribution is 2.17. The van der Waals surface area contributed by atoms with Crippen LogP contribution in [0, 0.1) is 23.0 Å². The van der Waals surface area contributed by atoms with Gasteiger partial charge in [0.1, 0.15) is 11.6 Å². The summed E-state index contributed by atoms with van der Waals surface area (Å²) in [6.07, 6.45) is -0.0812. The lowest BCUT2D eigenvalue weighted by Crippen LogP contribution is -2.48. The van der Waals surface area contributed by atoms with Crippen LogP contribution in [0.15, 0.2) is 66.7 Å². The molecule has 0 aliphatic carbocycles. The Morgan fingerprint density at radius 1 is 1.00 bits per heavy atom. The molecular weight excluding hydrogens is 460 g/mol. The summed E-state index contributed by atoms with van der Waals surface area (Å²) < 4.78 is 27.6. The van der Waals surface area contributed by atoms with E-state index in [9.17, 15) is 23.9 Å². The number of rotatable bonds is 11. The Morgan fingerprint density at radius 2 is 1.69 bits per heavy atom. The second-order valence-electron chi connectivity index (χ2n) is 8.91. The fourth-order valence-electron chi connectivity index (χ4n) is 4.01. The molecule has 188 valence electrons. The normalized spacial score (nSPS) is 13.4. The number of carbonyl (C=O) groups is 1. The molecule has 3 atom stereocenters. The molecule has 1 amide bonds. The molecule has 0 radical (unpaired) electrons. The van der Waals surface area contributed by atoms with Crippen LogP contribution in [0.4, 0.5) is 8.78 Å². The average molecular weight is 492 g/mol. The predicted octanol–water partition coefficient (Wildman–Crippen LogP) is 4.65. The summed E-state index contributed by atoms with van der Waals surface area (Å²) >= 11 is 0. The lowest BCUT2D eigenvalue weighted by Gasteiger charge is -2.25. The highest BCUT2D eigenvalue weighted by atomic mass is 19.1. The third-order valence-corrected chi connectivity index (χ3v) is 6.08. The third kappa shape index (κ3) is 7.70. The van der Waals surface area contributed by atoms with E-state index in [1.54, 1.807) is 31.2 Å². The number of hydrogen-bond acceptors (Lipinski definition) is 4. The summed E-state index contributed by atoms with van der Waals surface area (Å²) in [6.45, 7) is 4.50. The molecule has 3 rings (SSSR count). The molecule has 1 unspecified atom stereocenters. The molecule has 0 bridgehead atoms. The van der Waals surface area contributed by atoms with Gasteiger partial charge < -0.3 is 15.7 Å². The Hall–Kier alpha value is -3.60. The summed E-state index contributed by atoms with van der Waals surface area (Å²) in [5.41, 5.74) is 3.63. The Bertz CT molecular complexity index is 1200. The van der Waals surface area contributed by atoms with Gasteiger partial charge in [0, 0.05) is 24.7 Å². The van der Waals surface area contributed by atoms with Gasteiger partial charge in [-0.25, -0.2) is 8.78 Å². The molecule has 0 aromatic heterocycles. The summed E-state index contributed by atoms with van der Waals surface area (Å²) in [6, 6.07) is 19.3. The van der Waals surface area contributed by atoms with Gasteiger partial charge in [-0.1, -0.05) is 43.3 Å². The molecule has 0 aliphatic heterocycles. The molecule has 0 saturated carbocycles. The quantitative estimate of drug-likeness (QED) is 0.365. The van der Waals surface area contributed by atoms with Gasteiger partial charge >= 0.3 is 0 Å². The first-order chi connectivity index (χ1) is 17.3. The molecular formula is C29H31F2N3O2. The van der Waals surface area contributed by atoms with Crippen LogP contribution in [0.2, 0.25) is 0 Å². The van der Waals surface area contributed by atoms with Gasteiger partial charge in [0.05, 0.1) is 24.1 Å². The molecule has 0 heterocycles. The van der Waals surface area contributed by atoms with Crippen molar-refractivity contribution in [2.75, 3.05) is 6.54 Å². The van der Waals surface area contributed by atoms with E-state index in [4.69, 9.17) is 0 Å². The zero-order valence-electron chi connectivity index (χ0n) is 20.5. The summed E-state index contributed by atoms with van der Waals surface area (Å²) in [7, 11) is 0. The van der Waals surface area contributed by atoms with E-state index in [2.05, 4.69) is 29.7 Å². The second-order valence-corrected chi connectivity index (χ2v) is 8.91. The van der Waals surface area contributed by atoms with Crippen molar-refractivity contribution >= 4 is 5.91 Å². The lowest BCUT2D eigenvalue weighted by molar-refractivity contribution is 0.0829. The minimum atomic E-state index is -1.03. The van der Waals surface area contributed by atoms with Crippen molar-refractivity contribution in [3.8, 4) is 6.07 Å². The van der Waals surface area contributed by atoms with Crippen LogP contribution in [0.1, 0.15) is 52.4 Å². The SMILES string of the molecule is CCc1cccc(CNC[C@H](O)[C@H](Cc2cc(F)cc(F)c2)NC(=O)c2cccc(C(C)C#N)c2)c1. The van der Waals surface area contributed by atoms with Crippen molar-refractivity contribution in [2.45, 2.75) is 51.3 Å². The molecule has 3 aromatic carbocycles. The number of aliphatic hydroxyl groups is 1. The maximum atomic E-state index is 13.8. The van der Waals surface area contributed by atoms with Crippen molar-refractivity contribution in [3.63, 3.8) is 0 Å². The Balaban J connectivity index is 1.74. The van der Waals surface area contributed by atoms with E-state index in [-0.39, 0.29) is 18.9 Å². The van der Waals surface area contributed by atoms with Crippen molar-refractivity contribution in [3.05, 3.63) is 106 Å². The van der Waals surface area contributed by atoms with Crippen LogP contribution in [-0.2, 0) is 19.4 Å². The number of benzene rings is 3. The largest absolute Gasteiger partial charge is 0.390 e. The number of amides is 1. The maximum Gasteiger partial charge on any atom is 0.251 e. The number of halogens is 2. The highest BCUT2D eigenvalue weighted by Gasteiger charge is 2.23. The molecule has 0 aliphatic rings. The van der Waals surface area contributed by atoms with Crippen LogP contribution in [0.25, 0.3) is 0 Å². The minimum absolute atomic E-state index is 0.0306. The number of nitriles is 1. The molecule has 0 fully saturated rings. The molecule has 3 aromatic rings. The molecule has 0 saturated heterocycles. The van der Waals surface area contributed by atoms with Gasteiger partial charge in [-0.2, -0.15) is 5.26 Å². The van der Waals surface area contributed by atoms with Crippen LogP contribution in [0.5, 0.6) is 0 Å². The van der Waals surface area contributed by atoms with E-state index in [0.29, 0.717) is 23.2 Å². The van der Waals surface area contributed by atoms with E-state index in [0.717, 1.165) is 18.1 Å². The molecule has 7 heteroatoms. The number of carbonyl (C=O) groups excluding carboxylic acids is 1. The first-order valence-electron chi connectivity index (χ1n) is 12.0. The maximum absolute atomic E-state index is 13.8. The number of nitrogens with zero attached hydrogens (tertiary/aromatic N) is 1. The Morgan fingerprint density at radius 3 is 2.39 bits per heavy atom. The monoisotopic (exact) mass is 491 g/mol. The van der Waals surface area contributed by atoms with Crippen molar-refractivity contribution < 1.29 is 18.7 Å². The fraction of sp³-hybridized carbons (Fsp3) is 0.310. The number of nitrogens with one attached hydrogen (secondary N) is 2. The van der Waals surface area contributed by atoms with Crippen molar-refractivity contribution in [2.24, 2.45) is 0 Å². The van der Waals surface area contributed by atoms with E-state index < -0.39 is 29.7 Å². The zero-order valence-corrected chi connectivity index (χ0v) is 20.5. The molecule has 3 N–H and O–H groups in total. The van der Waals surface area contributed by atoms with E-state index >= 15 is 0 Å². The van der Waals surface area contributed by atoms with Crippen molar-refractivity contribution in [1.29, 1.82) is 5.26 Å². The molecule has 36 heavy (non-hydrogen) atoms. The van der Waals surface area contributed by atoms with Crippen LogP contribution in [0.3, 0.4) is 0 Å². The number of aliphatic hydroxyl groups excluding tert-OH is 1. The van der Waals surface area contributed by atoms with E-state index in [1.165, 1.54) is 17.7 Å². The number of aryl methyl sites for hydroxylation is 1. The second kappa shape index (κ2) is 12.9. The topological polar surface area (TPSA) is 85.2 Å². The fourth-order valence-corrected chi connectivity index (χ4v) is 4.01. The van der Waals surface area contributed by atoms with Crippen molar-refractivity contribution in [1.82, 2.24) is 10.6 Å². The van der Waals surface area contributed by atoms with Gasteiger partial charge in [-0.15, -0.1) is 0 Å². The Labute approximate surface area is 210 Å². The molecule has 5 nitrogen and oxygen atoms in total. The average Bonchev–Trinajstić information content (AvgIpc) is 2.87. The highest BCUT2D eigenvalue weighted by molar-refractivity contribution is 5.94. The van der Waals surface area contributed by atoms with Gasteiger partial charge in [0.25, 0.3) is 5.91 Å². The zero-order chi connectivity index (χ0) is 26.1. The standard InChI is InChI=1S/C29H31F2N3O2/c1-3-20-6-4-7-21(10-20)17-33-18-28(35)27(13-22-11-25(30)15-26(31)12-22)34-29(36)24-9-5-8-23(14-24)19(2)16-32/h4-12,14-15,19,27-28,33,35H,3,13,17-18H2,1-2H3,(H,34,36)/t19?,27-,28-/m0/s1. The third-order valence-electron chi connectivity index (χ3n) is 6.08. The lowest BCUT2D eigenvalue weighted by atomic mass is 9.98. The van der Waals surface area contributed by atoms with Gasteiger partial charge in [0.2, 0.25) is 0 Å². The van der Waals surface area contributed by atoms with Crippen LogP contribution >= 0.6 is 0 Å². The summed E-state index contributed by atoms with van der Waals surface area (Å²) in [5, 5.41) is 26.2. The smallest absolute Gasteiger partial charge is 0.251 e. The predicted molar refractivity (Wildman–Crippen MR) is 135 cm³/mol. The molecule has 0 spiro atoms.